The average molecular weight is 207 g/mol. The van der Waals surface area contributed by atoms with Crippen LogP contribution >= 0.6 is 0 Å². The molecular weight excluding hydrogens is 190 g/mol. The van der Waals surface area contributed by atoms with Crippen LogP contribution in [0.1, 0.15) is 38.4 Å². The fourth-order valence-electron chi connectivity index (χ4n) is 1.57. The summed E-state index contributed by atoms with van der Waals surface area (Å²) in [4.78, 5) is 14.9. The van der Waals surface area contributed by atoms with E-state index in [-0.39, 0.29) is 0 Å². The van der Waals surface area contributed by atoms with E-state index in [9.17, 15) is 0 Å². The molecule has 0 bridgehead atoms. The first-order valence-corrected chi connectivity index (χ1v) is 5.51. The molecule has 82 valence electrons. The lowest BCUT2D eigenvalue weighted by molar-refractivity contribution is 0.790. The third-order valence-corrected chi connectivity index (χ3v) is 2.65. The molecule has 0 aliphatic heterocycles. The highest BCUT2D eigenvalue weighted by atomic mass is 15.3. The molecule has 1 heterocycles. The predicted octanol–water partition coefficient (Wildman–Crippen LogP) is 1.18. The molecule has 0 atom stereocenters. The third kappa shape index (κ3) is 2.16. The van der Waals surface area contributed by atoms with Crippen LogP contribution in [0.4, 0.5) is 11.9 Å². The molecule has 2 rings (SSSR count). The highest BCUT2D eigenvalue weighted by molar-refractivity contribution is 5.35. The molecule has 5 nitrogen and oxygen atoms in total. The summed E-state index contributed by atoms with van der Waals surface area (Å²) in [5.74, 6) is 2.44. The van der Waals surface area contributed by atoms with Gasteiger partial charge in [0.15, 0.2) is 0 Å². The highest BCUT2D eigenvalue weighted by Crippen LogP contribution is 2.38. The van der Waals surface area contributed by atoms with Gasteiger partial charge in [0.1, 0.15) is 5.82 Å². The molecule has 0 spiro atoms. The minimum absolute atomic E-state index is 0.341. The van der Waals surface area contributed by atoms with E-state index >= 15 is 0 Å². The molecule has 1 saturated carbocycles. The molecule has 1 fully saturated rings. The summed E-state index contributed by atoms with van der Waals surface area (Å²) in [6, 6.07) is 0. The van der Waals surface area contributed by atoms with Gasteiger partial charge in [0.25, 0.3) is 0 Å². The van der Waals surface area contributed by atoms with Crippen LogP contribution in [0, 0.1) is 0 Å². The Hall–Kier alpha value is -1.39. The zero-order valence-electron chi connectivity index (χ0n) is 9.27. The van der Waals surface area contributed by atoms with Gasteiger partial charge < -0.3 is 10.6 Å². The van der Waals surface area contributed by atoms with E-state index in [0.29, 0.717) is 11.9 Å². The molecule has 0 aromatic carbocycles. The van der Waals surface area contributed by atoms with Gasteiger partial charge in [0.05, 0.1) is 0 Å². The van der Waals surface area contributed by atoms with Crippen molar-refractivity contribution >= 4 is 11.9 Å². The number of aromatic nitrogens is 3. The summed E-state index contributed by atoms with van der Waals surface area (Å²) in [5.41, 5.74) is 5.68. The van der Waals surface area contributed by atoms with Crippen molar-refractivity contribution in [2.24, 2.45) is 0 Å². The van der Waals surface area contributed by atoms with Crippen molar-refractivity contribution in [2.45, 2.75) is 32.6 Å². The molecule has 1 aliphatic carbocycles. The first-order valence-electron chi connectivity index (χ1n) is 5.51. The molecule has 0 unspecified atom stereocenters. The quantitative estimate of drug-likeness (QED) is 0.802. The van der Waals surface area contributed by atoms with Crippen LogP contribution in [0.3, 0.4) is 0 Å². The summed E-state index contributed by atoms with van der Waals surface area (Å²) in [6.07, 6.45) is 2.36. The molecule has 1 aliphatic rings. The fraction of sp³-hybridized carbons (Fsp3) is 0.700. The standard InChI is InChI=1S/C10H17N5/c1-3-15(4-2)10-13-8(7-5-6-7)12-9(11)14-10/h7H,3-6H2,1-2H3,(H2,11,12,13,14). The van der Waals surface area contributed by atoms with E-state index < -0.39 is 0 Å². The Morgan fingerprint density at radius 1 is 1.20 bits per heavy atom. The number of anilines is 2. The zero-order chi connectivity index (χ0) is 10.8. The molecule has 0 amide bonds. The van der Waals surface area contributed by atoms with Gasteiger partial charge >= 0.3 is 0 Å². The Morgan fingerprint density at radius 2 is 1.87 bits per heavy atom. The van der Waals surface area contributed by atoms with Crippen molar-refractivity contribution in [3.8, 4) is 0 Å². The van der Waals surface area contributed by atoms with Crippen molar-refractivity contribution in [3.63, 3.8) is 0 Å². The lowest BCUT2D eigenvalue weighted by Crippen LogP contribution is -2.25. The van der Waals surface area contributed by atoms with E-state index in [0.717, 1.165) is 24.9 Å². The number of nitrogens with zero attached hydrogens (tertiary/aromatic N) is 4. The Kier molecular flexibility index (Phi) is 2.70. The van der Waals surface area contributed by atoms with Crippen molar-refractivity contribution in [1.82, 2.24) is 15.0 Å². The van der Waals surface area contributed by atoms with Crippen LogP contribution in [-0.4, -0.2) is 28.0 Å². The Balaban J connectivity index is 2.29. The minimum atomic E-state index is 0.341. The molecule has 1 aromatic heterocycles. The van der Waals surface area contributed by atoms with Crippen molar-refractivity contribution < 1.29 is 0 Å². The van der Waals surface area contributed by atoms with E-state index in [1.54, 1.807) is 0 Å². The van der Waals surface area contributed by atoms with Crippen LogP contribution in [0.15, 0.2) is 0 Å². The smallest absolute Gasteiger partial charge is 0.230 e. The van der Waals surface area contributed by atoms with E-state index in [1.165, 1.54) is 12.8 Å². The normalized spacial score (nSPS) is 15.3. The summed E-state index contributed by atoms with van der Waals surface area (Å²) in [7, 11) is 0. The Labute approximate surface area is 89.7 Å². The molecule has 1 aromatic rings. The molecule has 0 radical (unpaired) electrons. The summed E-state index contributed by atoms with van der Waals surface area (Å²) in [6.45, 7) is 5.95. The van der Waals surface area contributed by atoms with Gasteiger partial charge in [-0.3, -0.25) is 0 Å². The van der Waals surface area contributed by atoms with Gasteiger partial charge in [-0.05, 0) is 26.7 Å². The maximum absolute atomic E-state index is 5.68. The van der Waals surface area contributed by atoms with Gasteiger partial charge in [-0.1, -0.05) is 0 Å². The van der Waals surface area contributed by atoms with Crippen molar-refractivity contribution in [1.29, 1.82) is 0 Å². The minimum Gasteiger partial charge on any atom is -0.368 e. The van der Waals surface area contributed by atoms with Gasteiger partial charge in [-0.15, -0.1) is 0 Å². The summed E-state index contributed by atoms with van der Waals surface area (Å²) < 4.78 is 0. The second kappa shape index (κ2) is 4.00. The second-order valence-corrected chi connectivity index (χ2v) is 3.80. The van der Waals surface area contributed by atoms with E-state index in [4.69, 9.17) is 5.73 Å². The molecule has 15 heavy (non-hydrogen) atoms. The van der Waals surface area contributed by atoms with Gasteiger partial charge in [0.2, 0.25) is 11.9 Å². The average Bonchev–Trinajstić information content (AvgIpc) is 3.02. The maximum Gasteiger partial charge on any atom is 0.230 e. The SMILES string of the molecule is CCN(CC)c1nc(N)nc(C2CC2)n1. The number of nitrogen functional groups attached to an aromatic ring is 1. The Bertz CT molecular complexity index is 344. The van der Waals surface area contributed by atoms with Crippen LogP contribution in [0.2, 0.25) is 0 Å². The number of nitrogens with two attached hydrogens (primary N) is 1. The third-order valence-electron chi connectivity index (χ3n) is 2.65. The predicted molar refractivity (Wildman–Crippen MR) is 59.8 cm³/mol. The van der Waals surface area contributed by atoms with Gasteiger partial charge in [-0.25, -0.2) is 0 Å². The second-order valence-electron chi connectivity index (χ2n) is 3.80. The first kappa shape index (κ1) is 10.1. The van der Waals surface area contributed by atoms with Crippen molar-refractivity contribution in [3.05, 3.63) is 5.82 Å². The lowest BCUT2D eigenvalue weighted by atomic mass is 10.4. The molecular formula is C10H17N5. The number of hydrogen-bond acceptors (Lipinski definition) is 5. The molecule has 2 N–H and O–H groups in total. The van der Waals surface area contributed by atoms with E-state index in [1.807, 2.05) is 0 Å². The molecule has 0 saturated heterocycles. The topological polar surface area (TPSA) is 67.9 Å². The summed E-state index contributed by atoms with van der Waals surface area (Å²) in [5, 5.41) is 0. The van der Waals surface area contributed by atoms with Crippen LogP contribution in [-0.2, 0) is 0 Å². The lowest BCUT2D eigenvalue weighted by Gasteiger charge is -2.18. The maximum atomic E-state index is 5.68. The highest BCUT2D eigenvalue weighted by Gasteiger charge is 2.27. The first-order chi connectivity index (χ1) is 7.24. The number of rotatable bonds is 4. The Morgan fingerprint density at radius 3 is 2.40 bits per heavy atom. The zero-order valence-corrected chi connectivity index (χ0v) is 9.27. The monoisotopic (exact) mass is 207 g/mol. The number of hydrogen-bond donors (Lipinski definition) is 1. The molecule has 5 heteroatoms. The largest absolute Gasteiger partial charge is 0.368 e. The van der Waals surface area contributed by atoms with Gasteiger partial charge in [0, 0.05) is 19.0 Å². The van der Waals surface area contributed by atoms with Gasteiger partial charge in [-0.2, -0.15) is 15.0 Å². The van der Waals surface area contributed by atoms with Crippen LogP contribution in [0.5, 0.6) is 0 Å². The summed E-state index contributed by atoms with van der Waals surface area (Å²) >= 11 is 0. The van der Waals surface area contributed by atoms with Crippen LogP contribution in [0.25, 0.3) is 0 Å². The van der Waals surface area contributed by atoms with Crippen molar-refractivity contribution in [2.75, 3.05) is 23.7 Å². The van der Waals surface area contributed by atoms with Crippen LogP contribution < -0.4 is 10.6 Å². The fourth-order valence-corrected chi connectivity index (χ4v) is 1.57. The van der Waals surface area contributed by atoms with E-state index in [2.05, 4.69) is 33.7 Å².